The van der Waals surface area contributed by atoms with Crippen LogP contribution in [0.1, 0.15) is 39.0 Å². The Labute approximate surface area is 97.6 Å². The monoisotopic (exact) mass is 228 g/mol. The second-order valence-corrected chi connectivity index (χ2v) is 4.81. The van der Waals surface area contributed by atoms with Crippen molar-refractivity contribution in [2.45, 2.75) is 45.1 Å². The number of aliphatic hydroxyl groups is 1. The Bertz CT molecular complexity index is 221. The van der Waals surface area contributed by atoms with Gasteiger partial charge in [-0.05, 0) is 31.1 Å². The van der Waals surface area contributed by atoms with E-state index in [9.17, 15) is 4.79 Å². The SMILES string of the molecule is CCC(N)CC(=O)NCC1CCCC1CO. The Kier molecular flexibility index (Phi) is 5.77. The van der Waals surface area contributed by atoms with Crippen molar-refractivity contribution >= 4 is 5.91 Å². The summed E-state index contributed by atoms with van der Waals surface area (Å²) in [6.07, 6.45) is 4.61. The van der Waals surface area contributed by atoms with E-state index in [0.29, 0.717) is 24.8 Å². The van der Waals surface area contributed by atoms with Gasteiger partial charge in [0.25, 0.3) is 0 Å². The molecule has 0 aliphatic heterocycles. The molecule has 0 aromatic rings. The fourth-order valence-corrected chi connectivity index (χ4v) is 2.32. The van der Waals surface area contributed by atoms with Gasteiger partial charge in [0.1, 0.15) is 0 Å². The van der Waals surface area contributed by atoms with Crippen molar-refractivity contribution in [2.24, 2.45) is 17.6 Å². The highest BCUT2D eigenvalue weighted by molar-refractivity contribution is 5.76. The maximum absolute atomic E-state index is 11.5. The van der Waals surface area contributed by atoms with Gasteiger partial charge < -0.3 is 16.2 Å². The molecule has 0 aromatic carbocycles. The molecule has 4 heteroatoms. The summed E-state index contributed by atoms with van der Waals surface area (Å²) in [5.74, 6) is 0.866. The number of aliphatic hydroxyl groups excluding tert-OH is 1. The van der Waals surface area contributed by atoms with Crippen molar-refractivity contribution in [2.75, 3.05) is 13.2 Å². The molecule has 16 heavy (non-hydrogen) atoms. The molecule has 3 unspecified atom stereocenters. The van der Waals surface area contributed by atoms with Gasteiger partial charge in [0.05, 0.1) is 0 Å². The Balaban J connectivity index is 2.20. The molecule has 94 valence electrons. The van der Waals surface area contributed by atoms with Crippen molar-refractivity contribution in [3.63, 3.8) is 0 Å². The summed E-state index contributed by atoms with van der Waals surface area (Å²) >= 11 is 0. The maximum Gasteiger partial charge on any atom is 0.221 e. The van der Waals surface area contributed by atoms with Crippen LogP contribution in [0.4, 0.5) is 0 Å². The van der Waals surface area contributed by atoms with Crippen molar-refractivity contribution in [3.8, 4) is 0 Å². The number of hydrogen-bond acceptors (Lipinski definition) is 3. The first-order chi connectivity index (χ1) is 7.67. The van der Waals surface area contributed by atoms with Crippen LogP contribution < -0.4 is 11.1 Å². The van der Waals surface area contributed by atoms with E-state index in [1.54, 1.807) is 0 Å². The fourth-order valence-electron chi connectivity index (χ4n) is 2.32. The molecule has 0 spiro atoms. The molecular formula is C12H24N2O2. The minimum atomic E-state index is -0.0304. The van der Waals surface area contributed by atoms with E-state index in [2.05, 4.69) is 5.32 Å². The Morgan fingerprint density at radius 3 is 2.81 bits per heavy atom. The van der Waals surface area contributed by atoms with Gasteiger partial charge in [0.2, 0.25) is 5.91 Å². The van der Waals surface area contributed by atoms with Gasteiger partial charge in [-0.25, -0.2) is 0 Å². The van der Waals surface area contributed by atoms with Crippen molar-refractivity contribution in [1.82, 2.24) is 5.32 Å². The summed E-state index contributed by atoms with van der Waals surface area (Å²) < 4.78 is 0. The molecule has 1 aliphatic carbocycles. The predicted octanol–water partition coefficient (Wildman–Crippen LogP) is 0.639. The summed E-state index contributed by atoms with van der Waals surface area (Å²) in [7, 11) is 0. The van der Waals surface area contributed by atoms with E-state index in [1.165, 1.54) is 6.42 Å². The Morgan fingerprint density at radius 2 is 2.19 bits per heavy atom. The van der Waals surface area contributed by atoms with Gasteiger partial charge in [0, 0.05) is 25.6 Å². The predicted molar refractivity (Wildman–Crippen MR) is 63.8 cm³/mol. The summed E-state index contributed by atoms with van der Waals surface area (Å²) in [6.45, 7) is 2.92. The third-order valence-electron chi connectivity index (χ3n) is 3.58. The van der Waals surface area contributed by atoms with Crippen LogP contribution in [0.5, 0.6) is 0 Å². The molecule has 0 saturated heterocycles. The first kappa shape index (κ1) is 13.5. The molecule has 0 radical (unpaired) electrons. The second-order valence-electron chi connectivity index (χ2n) is 4.81. The first-order valence-electron chi connectivity index (χ1n) is 6.30. The fraction of sp³-hybridized carbons (Fsp3) is 0.917. The second kappa shape index (κ2) is 6.86. The van der Waals surface area contributed by atoms with Gasteiger partial charge in [0.15, 0.2) is 0 Å². The molecule has 0 bridgehead atoms. The molecule has 1 fully saturated rings. The van der Waals surface area contributed by atoms with E-state index in [4.69, 9.17) is 10.8 Å². The summed E-state index contributed by atoms with van der Waals surface area (Å²) in [6, 6.07) is -0.0304. The lowest BCUT2D eigenvalue weighted by molar-refractivity contribution is -0.121. The smallest absolute Gasteiger partial charge is 0.221 e. The highest BCUT2D eigenvalue weighted by Crippen LogP contribution is 2.30. The molecule has 1 saturated carbocycles. The third-order valence-corrected chi connectivity index (χ3v) is 3.58. The topological polar surface area (TPSA) is 75.4 Å². The number of nitrogens with one attached hydrogen (secondary N) is 1. The zero-order valence-electron chi connectivity index (χ0n) is 10.1. The summed E-state index contributed by atoms with van der Waals surface area (Å²) in [5, 5.41) is 12.1. The summed E-state index contributed by atoms with van der Waals surface area (Å²) in [4.78, 5) is 11.5. The number of hydrogen-bond donors (Lipinski definition) is 3. The molecule has 1 aliphatic rings. The lowest BCUT2D eigenvalue weighted by Crippen LogP contribution is -2.35. The van der Waals surface area contributed by atoms with E-state index >= 15 is 0 Å². The molecule has 4 nitrogen and oxygen atoms in total. The van der Waals surface area contributed by atoms with Gasteiger partial charge in [-0.15, -0.1) is 0 Å². The highest BCUT2D eigenvalue weighted by Gasteiger charge is 2.26. The van der Waals surface area contributed by atoms with Crippen molar-refractivity contribution in [1.29, 1.82) is 0 Å². The molecule has 4 N–H and O–H groups in total. The van der Waals surface area contributed by atoms with Crippen LogP contribution in [0.25, 0.3) is 0 Å². The Hall–Kier alpha value is -0.610. The third kappa shape index (κ3) is 4.10. The molecular weight excluding hydrogens is 204 g/mol. The van der Waals surface area contributed by atoms with Crippen LogP contribution in [0.2, 0.25) is 0 Å². The summed E-state index contributed by atoms with van der Waals surface area (Å²) in [5.41, 5.74) is 5.71. The normalized spacial score (nSPS) is 26.7. The Morgan fingerprint density at radius 1 is 1.50 bits per heavy atom. The molecule has 0 heterocycles. The minimum Gasteiger partial charge on any atom is -0.396 e. The lowest BCUT2D eigenvalue weighted by Gasteiger charge is -2.18. The maximum atomic E-state index is 11.5. The zero-order valence-corrected chi connectivity index (χ0v) is 10.1. The van der Waals surface area contributed by atoms with Gasteiger partial charge in [-0.1, -0.05) is 13.3 Å². The van der Waals surface area contributed by atoms with E-state index < -0.39 is 0 Å². The van der Waals surface area contributed by atoms with E-state index in [0.717, 1.165) is 19.3 Å². The van der Waals surface area contributed by atoms with Crippen LogP contribution in [0.15, 0.2) is 0 Å². The molecule has 3 atom stereocenters. The highest BCUT2D eigenvalue weighted by atomic mass is 16.3. The van der Waals surface area contributed by atoms with Crippen LogP contribution in [-0.2, 0) is 4.79 Å². The van der Waals surface area contributed by atoms with Crippen LogP contribution in [0, 0.1) is 11.8 Å². The zero-order chi connectivity index (χ0) is 12.0. The molecule has 1 amide bonds. The van der Waals surface area contributed by atoms with Crippen molar-refractivity contribution in [3.05, 3.63) is 0 Å². The number of amides is 1. The van der Waals surface area contributed by atoms with Gasteiger partial charge >= 0.3 is 0 Å². The van der Waals surface area contributed by atoms with E-state index in [-0.39, 0.29) is 18.6 Å². The average Bonchev–Trinajstić information content (AvgIpc) is 2.73. The number of carbonyl (C=O) groups excluding carboxylic acids is 1. The lowest BCUT2D eigenvalue weighted by atomic mass is 9.97. The number of carbonyl (C=O) groups is 1. The minimum absolute atomic E-state index is 0.0304. The van der Waals surface area contributed by atoms with Crippen LogP contribution in [0.3, 0.4) is 0 Å². The van der Waals surface area contributed by atoms with Gasteiger partial charge in [-0.3, -0.25) is 4.79 Å². The molecule has 1 rings (SSSR count). The van der Waals surface area contributed by atoms with E-state index in [1.807, 2.05) is 6.92 Å². The van der Waals surface area contributed by atoms with Crippen LogP contribution in [-0.4, -0.2) is 30.2 Å². The quantitative estimate of drug-likeness (QED) is 0.624. The van der Waals surface area contributed by atoms with Gasteiger partial charge in [-0.2, -0.15) is 0 Å². The first-order valence-corrected chi connectivity index (χ1v) is 6.30. The van der Waals surface area contributed by atoms with Crippen LogP contribution >= 0.6 is 0 Å². The standard InChI is InChI=1S/C12H24N2O2/c1-2-11(13)6-12(16)14-7-9-4-3-5-10(9)8-15/h9-11,15H,2-8,13H2,1H3,(H,14,16). The molecule has 0 aromatic heterocycles. The number of rotatable bonds is 6. The van der Waals surface area contributed by atoms with Crippen molar-refractivity contribution < 1.29 is 9.90 Å². The number of nitrogens with two attached hydrogens (primary N) is 1. The largest absolute Gasteiger partial charge is 0.396 e. The average molecular weight is 228 g/mol.